The second-order valence-corrected chi connectivity index (χ2v) is 7.91. The number of carbonyl (C=O) groups excluding carboxylic acids is 1. The number of ether oxygens (including phenoxy) is 1. The number of aromatic nitrogens is 2. The topological polar surface area (TPSA) is 84.1 Å². The first-order valence-corrected chi connectivity index (χ1v) is 10.1. The van der Waals surface area contributed by atoms with Crippen LogP contribution in [0.3, 0.4) is 0 Å². The summed E-state index contributed by atoms with van der Waals surface area (Å²) in [4.78, 5) is 32.4. The molecule has 0 saturated carbocycles. The molecule has 1 heterocycles. The number of carbonyl (C=O) groups is 1. The van der Waals surface area contributed by atoms with Crippen LogP contribution >= 0.6 is 11.8 Å². The zero-order valence-corrected chi connectivity index (χ0v) is 17.4. The van der Waals surface area contributed by atoms with Gasteiger partial charge in [-0.05, 0) is 31.5 Å². The second-order valence-electron chi connectivity index (χ2n) is 6.58. The molecule has 0 aliphatic carbocycles. The van der Waals surface area contributed by atoms with Crippen LogP contribution in [0.5, 0.6) is 5.75 Å². The van der Waals surface area contributed by atoms with Gasteiger partial charge >= 0.3 is 0 Å². The summed E-state index contributed by atoms with van der Waals surface area (Å²) >= 11 is 1.21. The van der Waals surface area contributed by atoms with Crippen LogP contribution in [0.4, 0.5) is 5.69 Å². The molecule has 1 amide bonds. The van der Waals surface area contributed by atoms with E-state index in [-0.39, 0.29) is 11.5 Å². The molecule has 0 aliphatic rings. The lowest BCUT2D eigenvalue weighted by Crippen LogP contribution is -2.24. The molecule has 0 saturated heterocycles. The van der Waals surface area contributed by atoms with Gasteiger partial charge < -0.3 is 15.0 Å². The highest BCUT2D eigenvalue weighted by Gasteiger charge is 2.18. The average molecular weight is 410 g/mol. The van der Waals surface area contributed by atoms with Crippen molar-refractivity contribution in [3.05, 3.63) is 81.8 Å². The molecule has 7 heteroatoms. The van der Waals surface area contributed by atoms with Crippen LogP contribution in [-0.2, 0) is 11.2 Å². The van der Waals surface area contributed by atoms with Gasteiger partial charge in [0.05, 0.1) is 12.4 Å². The number of amides is 1. The SMILES string of the molecule is COc1cccc(NC(=O)C(C)Sc2nc(C)c(Cc3ccccc3)c(=O)[nH]2)c1. The Hall–Kier alpha value is -3.06. The van der Waals surface area contributed by atoms with Crippen molar-refractivity contribution >= 4 is 23.4 Å². The molecule has 2 N–H and O–H groups in total. The Morgan fingerprint density at radius 3 is 2.66 bits per heavy atom. The van der Waals surface area contributed by atoms with Crippen molar-refractivity contribution < 1.29 is 9.53 Å². The van der Waals surface area contributed by atoms with Gasteiger partial charge in [0, 0.05) is 29.4 Å². The molecule has 0 bridgehead atoms. The maximum absolute atomic E-state index is 12.6. The summed E-state index contributed by atoms with van der Waals surface area (Å²) in [5.74, 6) is 0.482. The molecular formula is C22H23N3O3S. The van der Waals surface area contributed by atoms with E-state index < -0.39 is 5.25 Å². The molecule has 0 fully saturated rings. The molecular weight excluding hydrogens is 386 g/mol. The molecule has 1 aromatic heterocycles. The Labute approximate surface area is 173 Å². The van der Waals surface area contributed by atoms with Crippen molar-refractivity contribution in [3.8, 4) is 5.75 Å². The molecule has 3 aromatic rings. The number of nitrogens with zero attached hydrogens (tertiary/aromatic N) is 1. The van der Waals surface area contributed by atoms with E-state index in [2.05, 4.69) is 15.3 Å². The highest BCUT2D eigenvalue weighted by Crippen LogP contribution is 2.22. The lowest BCUT2D eigenvalue weighted by Gasteiger charge is -2.13. The van der Waals surface area contributed by atoms with Crippen molar-refractivity contribution in [2.75, 3.05) is 12.4 Å². The number of hydrogen-bond donors (Lipinski definition) is 2. The van der Waals surface area contributed by atoms with Gasteiger partial charge in [-0.1, -0.05) is 48.2 Å². The van der Waals surface area contributed by atoms with Crippen LogP contribution in [0.15, 0.2) is 64.5 Å². The van der Waals surface area contributed by atoms with Crippen molar-refractivity contribution in [1.82, 2.24) is 9.97 Å². The molecule has 6 nitrogen and oxygen atoms in total. The number of hydrogen-bond acceptors (Lipinski definition) is 5. The first-order valence-electron chi connectivity index (χ1n) is 9.21. The Morgan fingerprint density at radius 2 is 1.97 bits per heavy atom. The molecule has 0 radical (unpaired) electrons. The monoisotopic (exact) mass is 409 g/mol. The number of anilines is 1. The first-order chi connectivity index (χ1) is 14.0. The molecule has 29 heavy (non-hydrogen) atoms. The molecule has 0 aliphatic heterocycles. The minimum Gasteiger partial charge on any atom is -0.497 e. The minimum absolute atomic E-state index is 0.177. The lowest BCUT2D eigenvalue weighted by atomic mass is 10.1. The quantitative estimate of drug-likeness (QED) is 0.458. The van der Waals surface area contributed by atoms with Crippen LogP contribution < -0.4 is 15.6 Å². The molecule has 2 aromatic carbocycles. The van der Waals surface area contributed by atoms with Crippen LogP contribution in [0, 0.1) is 6.92 Å². The predicted molar refractivity (Wildman–Crippen MR) is 116 cm³/mol. The van der Waals surface area contributed by atoms with Gasteiger partial charge in [0.1, 0.15) is 5.75 Å². The molecule has 150 valence electrons. The van der Waals surface area contributed by atoms with Gasteiger partial charge in [-0.25, -0.2) is 4.98 Å². The summed E-state index contributed by atoms with van der Waals surface area (Å²) in [5, 5.41) is 2.84. The number of H-pyrrole nitrogens is 1. The highest BCUT2D eigenvalue weighted by molar-refractivity contribution is 8.00. The van der Waals surface area contributed by atoms with Crippen molar-refractivity contribution in [1.29, 1.82) is 0 Å². The third kappa shape index (κ3) is 5.48. The fraction of sp³-hybridized carbons (Fsp3) is 0.227. The van der Waals surface area contributed by atoms with E-state index in [1.165, 1.54) is 11.8 Å². The Balaban J connectivity index is 1.69. The third-order valence-electron chi connectivity index (χ3n) is 4.42. The van der Waals surface area contributed by atoms with Crippen LogP contribution in [0.1, 0.15) is 23.7 Å². The number of rotatable bonds is 7. The maximum Gasteiger partial charge on any atom is 0.255 e. The summed E-state index contributed by atoms with van der Waals surface area (Å²) in [5.41, 5.74) is 2.82. The van der Waals surface area contributed by atoms with Crippen LogP contribution in [0.25, 0.3) is 0 Å². The normalized spacial score (nSPS) is 11.7. The van der Waals surface area contributed by atoms with Crippen LogP contribution in [0.2, 0.25) is 0 Å². The summed E-state index contributed by atoms with van der Waals surface area (Å²) in [6.07, 6.45) is 0.520. The van der Waals surface area contributed by atoms with E-state index in [1.54, 1.807) is 32.2 Å². The van der Waals surface area contributed by atoms with Crippen LogP contribution in [-0.4, -0.2) is 28.2 Å². The number of thioether (sulfide) groups is 1. The van der Waals surface area contributed by atoms with Gasteiger partial charge in [0.15, 0.2) is 5.16 Å². The number of benzene rings is 2. The zero-order valence-electron chi connectivity index (χ0n) is 16.6. The number of nitrogens with one attached hydrogen (secondary N) is 2. The smallest absolute Gasteiger partial charge is 0.255 e. The molecule has 1 unspecified atom stereocenters. The average Bonchev–Trinajstić information content (AvgIpc) is 2.71. The van der Waals surface area contributed by atoms with E-state index in [0.29, 0.717) is 34.3 Å². The van der Waals surface area contributed by atoms with Gasteiger partial charge in [0.25, 0.3) is 5.56 Å². The van der Waals surface area contributed by atoms with Gasteiger partial charge in [-0.2, -0.15) is 0 Å². The third-order valence-corrected chi connectivity index (χ3v) is 5.40. The van der Waals surface area contributed by atoms with E-state index in [0.717, 1.165) is 5.56 Å². The highest BCUT2D eigenvalue weighted by atomic mass is 32.2. The largest absolute Gasteiger partial charge is 0.497 e. The lowest BCUT2D eigenvalue weighted by molar-refractivity contribution is -0.115. The maximum atomic E-state index is 12.6. The van der Waals surface area contributed by atoms with E-state index in [4.69, 9.17) is 4.74 Å². The fourth-order valence-electron chi connectivity index (χ4n) is 2.81. The molecule has 0 spiro atoms. The molecule has 1 atom stereocenters. The van der Waals surface area contributed by atoms with Gasteiger partial charge in [0.2, 0.25) is 5.91 Å². The number of methoxy groups -OCH3 is 1. The van der Waals surface area contributed by atoms with Gasteiger partial charge in [-0.15, -0.1) is 0 Å². The fourth-order valence-corrected chi connectivity index (χ4v) is 3.66. The Kier molecular flexibility index (Phi) is 6.72. The minimum atomic E-state index is -0.441. The number of aromatic amines is 1. The standard InChI is InChI=1S/C22H23N3O3S/c1-14-19(12-16-8-5-4-6-9-16)21(27)25-22(23-14)29-15(2)20(26)24-17-10-7-11-18(13-17)28-3/h4-11,13,15H,12H2,1-3H3,(H,24,26)(H,23,25,27). The number of aryl methyl sites for hydroxylation is 1. The Bertz CT molecular complexity index is 1050. The second kappa shape index (κ2) is 9.43. The zero-order chi connectivity index (χ0) is 20.8. The summed E-state index contributed by atoms with van der Waals surface area (Å²) in [6, 6.07) is 16.9. The van der Waals surface area contributed by atoms with E-state index >= 15 is 0 Å². The Morgan fingerprint density at radius 1 is 1.21 bits per heavy atom. The van der Waals surface area contributed by atoms with E-state index in [1.807, 2.05) is 43.3 Å². The predicted octanol–water partition coefficient (Wildman–Crippen LogP) is 3.80. The molecule has 3 rings (SSSR count). The van der Waals surface area contributed by atoms with Crippen molar-refractivity contribution in [2.45, 2.75) is 30.7 Å². The van der Waals surface area contributed by atoms with E-state index in [9.17, 15) is 9.59 Å². The van der Waals surface area contributed by atoms with Gasteiger partial charge in [-0.3, -0.25) is 9.59 Å². The summed E-state index contributed by atoms with van der Waals surface area (Å²) in [6.45, 7) is 3.59. The first kappa shape index (κ1) is 20.7. The summed E-state index contributed by atoms with van der Waals surface area (Å²) in [7, 11) is 1.57. The van der Waals surface area contributed by atoms with Crippen molar-refractivity contribution in [3.63, 3.8) is 0 Å². The van der Waals surface area contributed by atoms with Crippen molar-refractivity contribution in [2.24, 2.45) is 0 Å². The summed E-state index contributed by atoms with van der Waals surface area (Å²) < 4.78 is 5.17.